The second kappa shape index (κ2) is 11.3. The summed E-state index contributed by atoms with van der Waals surface area (Å²) in [5, 5.41) is 0. The van der Waals surface area contributed by atoms with Gasteiger partial charge < -0.3 is 24.0 Å². The summed E-state index contributed by atoms with van der Waals surface area (Å²) in [6.07, 6.45) is 4.48. The number of piperidine rings is 1. The predicted octanol–water partition coefficient (Wildman–Crippen LogP) is 4.47. The van der Waals surface area contributed by atoms with Gasteiger partial charge in [0.2, 0.25) is 5.91 Å². The van der Waals surface area contributed by atoms with Crippen molar-refractivity contribution in [3.8, 4) is 17.2 Å². The minimum Gasteiger partial charge on any atom is -0.496 e. The summed E-state index contributed by atoms with van der Waals surface area (Å²) >= 11 is 0. The standard InChI is InChI=1S/C30H36N2O6/c1-20(16-24-17-26(37-4)27(38-5)18-25(24)36-3)28(34)32-15-12-30(19-32)10-13-31(14-11-30)29(35)23-8-6-22(7-9-23)21(2)33/h6-9,16-18H,10-15,19H2,1-5H3/b20-16+. The normalized spacial score (nSPS) is 16.9. The molecule has 2 aliphatic heterocycles. The molecular formula is C30H36N2O6. The molecule has 8 heteroatoms. The van der Waals surface area contributed by atoms with E-state index >= 15 is 0 Å². The zero-order valence-corrected chi connectivity index (χ0v) is 22.8. The topological polar surface area (TPSA) is 85.4 Å². The molecule has 4 rings (SSSR count). The van der Waals surface area contributed by atoms with Crippen molar-refractivity contribution < 1.29 is 28.6 Å². The smallest absolute Gasteiger partial charge is 0.253 e. The number of hydrogen-bond donors (Lipinski definition) is 0. The van der Waals surface area contributed by atoms with Gasteiger partial charge in [-0.3, -0.25) is 14.4 Å². The number of amides is 2. The number of ether oxygens (including phenoxy) is 3. The van der Waals surface area contributed by atoms with Crippen LogP contribution in [0.15, 0.2) is 42.0 Å². The molecule has 202 valence electrons. The van der Waals surface area contributed by atoms with Crippen LogP contribution in [0.1, 0.15) is 59.4 Å². The van der Waals surface area contributed by atoms with Crippen LogP contribution in [0.3, 0.4) is 0 Å². The van der Waals surface area contributed by atoms with Gasteiger partial charge in [-0.15, -0.1) is 0 Å². The van der Waals surface area contributed by atoms with Crippen molar-refractivity contribution in [3.05, 3.63) is 58.7 Å². The molecule has 0 bridgehead atoms. The van der Waals surface area contributed by atoms with Gasteiger partial charge in [0.1, 0.15) is 5.75 Å². The van der Waals surface area contributed by atoms with Crippen LogP contribution in [0, 0.1) is 5.41 Å². The summed E-state index contributed by atoms with van der Waals surface area (Å²) in [6, 6.07) is 10.4. The van der Waals surface area contributed by atoms with Gasteiger partial charge in [0.15, 0.2) is 17.3 Å². The summed E-state index contributed by atoms with van der Waals surface area (Å²) in [4.78, 5) is 41.7. The molecule has 2 aromatic carbocycles. The van der Waals surface area contributed by atoms with Crippen LogP contribution in [0.2, 0.25) is 0 Å². The first-order valence-electron chi connectivity index (χ1n) is 12.9. The molecule has 1 spiro atoms. The largest absolute Gasteiger partial charge is 0.496 e. The van der Waals surface area contributed by atoms with Crippen LogP contribution in [0.5, 0.6) is 17.2 Å². The number of Topliss-reactive ketones (excluding diaryl/α,β-unsaturated/α-hetero) is 1. The van der Waals surface area contributed by atoms with Crippen LogP contribution >= 0.6 is 0 Å². The molecule has 2 fully saturated rings. The lowest BCUT2D eigenvalue weighted by Gasteiger charge is -2.39. The van der Waals surface area contributed by atoms with Gasteiger partial charge >= 0.3 is 0 Å². The lowest BCUT2D eigenvalue weighted by molar-refractivity contribution is -0.126. The summed E-state index contributed by atoms with van der Waals surface area (Å²) in [7, 11) is 4.72. The molecule has 0 N–H and O–H groups in total. The Hall–Kier alpha value is -3.81. The molecule has 2 heterocycles. The van der Waals surface area contributed by atoms with Crippen molar-refractivity contribution in [2.45, 2.75) is 33.1 Å². The van der Waals surface area contributed by atoms with Crippen molar-refractivity contribution in [1.82, 2.24) is 9.80 Å². The van der Waals surface area contributed by atoms with Gasteiger partial charge in [-0.2, -0.15) is 0 Å². The number of benzene rings is 2. The minimum absolute atomic E-state index is 0.00257. The lowest BCUT2D eigenvalue weighted by Crippen LogP contribution is -2.44. The summed E-state index contributed by atoms with van der Waals surface area (Å²) < 4.78 is 16.3. The molecule has 2 aliphatic rings. The van der Waals surface area contributed by atoms with E-state index in [0.29, 0.717) is 60.1 Å². The van der Waals surface area contributed by atoms with Crippen molar-refractivity contribution in [2.75, 3.05) is 47.5 Å². The van der Waals surface area contributed by atoms with Crippen molar-refractivity contribution in [2.24, 2.45) is 5.41 Å². The third kappa shape index (κ3) is 5.54. The third-order valence-electron chi connectivity index (χ3n) is 7.82. The van der Waals surface area contributed by atoms with E-state index in [2.05, 4.69) is 0 Å². The number of hydrogen-bond acceptors (Lipinski definition) is 6. The Morgan fingerprint density at radius 3 is 1.84 bits per heavy atom. The van der Waals surface area contributed by atoms with Crippen LogP contribution in [-0.2, 0) is 4.79 Å². The second-order valence-electron chi connectivity index (χ2n) is 10.2. The zero-order valence-electron chi connectivity index (χ0n) is 22.8. The number of nitrogens with zero attached hydrogens (tertiary/aromatic N) is 2. The number of carbonyl (C=O) groups excluding carboxylic acids is 3. The van der Waals surface area contributed by atoms with E-state index in [-0.39, 0.29) is 23.0 Å². The van der Waals surface area contributed by atoms with Gasteiger partial charge in [-0.05, 0) is 62.8 Å². The number of methoxy groups -OCH3 is 3. The van der Waals surface area contributed by atoms with Crippen molar-refractivity contribution >= 4 is 23.7 Å². The fraction of sp³-hybridized carbons (Fsp3) is 0.433. The molecule has 2 amide bonds. The molecule has 38 heavy (non-hydrogen) atoms. The molecule has 0 saturated carbocycles. The molecule has 0 radical (unpaired) electrons. The number of carbonyl (C=O) groups is 3. The summed E-state index contributed by atoms with van der Waals surface area (Å²) in [6.45, 7) is 6.05. The highest BCUT2D eigenvalue weighted by Gasteiger charge is 2.43. The average Bonchev–Trinajstić information content (AvgIpc) is 3.35. The number of ketones is 1. The molecule has 0 unspecified atom stereocenters. The molecule has 2 saturated heterocycles. The van der Waals surface area contributed by atoms with Crippen molar-refractivity contribution in [3.63, 3.8) is 0 Å². The monoisotopic (exact) mass is 520 g/mol. The van der Waals surface area contributed by atoms with E-state index in [1.54, 1.807) is 57.7 Å². The van der Waals surface area contributed by atoms with Gasteiger partial charge in [-0.1, -0.05) is 12.1 Å². The van der Waals surface area contributed by atoms with Gasteiger partial charge in [0.05, 0.1) is 21.3 Å². The molecule has 0 aromatic heterocycles. The Morgan fingerprint density at radius 2 is 1.29 bits per heavy atom. The van der Waals surface area contributed by atoms with E-state index in [0.717, 1.165) is 24.8 Å². The Morgan fingerprint density at radius 1 is 0.763 bits per heavy atom. The molecule has 8 nitrogen and oxygen atoms in total. The summed E-state index contributed by atoms with van der Waals surface area (Å²) in [5.74, 6) is 1.70. The average molecular weight is 521 g/mol. The minimum atomic E-state index is -0.0165. The van der Waals surface area contributed by atoms with E-state index in [4.69, 9.17) is 14.2 Å². The van der Waals surface area contributed by atoms with Gasteiger partial charge in [0, 0.05) is 54.5 Å². The van der Waals surface area contributed by atoms with E-state index in [9.17, 15) is 14.4 Å². The number of likely N-dealkylation sites (tertiary alicyclic amines) is 2. The fourth-order valence-electron chi connectivity index (χ4n) is 5.44. The van der Waals surface area contributed by atoms with Crippen LogP contribution in [0.25, 0.3) is 6.08 Å². The first-order chi connectivity index (χ1) is 18.2. The molecule has 0 atom stereocenters. The molecular weight excluding hydrogens is 484 g/mol. The lowest BCUT2D eigenvalue weighted by atomic mass is 9.77. The van der Waals surface area contributed by atoms with Crippen LogP contribution in [0.4, 0.5) is 0 Å². The highest BCUT2D eigenvalue weighted by atomic mass is 16.5. The fourth-order valence-corrected chi connectivity index (χ4v) is 5.44. The van der Waals surface area contributed by atoms with Gasteiger partial charge in [0.25, 0.3) is 5.91 Å². The molecule has 0 aliphatic carbocycles. The maximum atomic E-state index is 13.4. The van der Waals surface area contributed by atoms with Crippen LogP contribution < -0.4 is 14.2 Å². The van der Waals surface area contributed by atoms with E-state index in [1.807, 2.05) is 22.8 Å². The predicted molar refractivity (Wildman–Crippen MR) is 145 cm³/mol. The Balaban J connectivity index is 1.39. The highest BCUT2D eigenvalue weighted by Crippen LogP contribution is 2.41. The van der Waals surface area contributed by atoms with Crippen molar-refractivity contribution in [1.29, 1.82) is 0 Å². The molecule has 2 aromatic rings. The van der Waals surface area contributed by atoms with E-state index in [1.165, 1.54) is 6.92 Å². The van der Waals surface area contributed by atoms with E-state index < -0.39 is 0 Å². The maximum Gasteiger partial charge on any atom is 0.253 e. The number of rotatable bonds is 7. The first-order valence-corrected chi connectivity index (χ1v) is 12.9. The zero-order chi connectivity index (χ0) is 27.4. The summed E-state index contributed by atoms with van der Waals surface area (Å²) in [5.41, 5.74) is 2.60. The Bertz CT molecular complexity index is 1240. The quantitative estimate of drug-likeness (QED) is 0.396. The first kappa shape index (κ1) is 27.2. The van der Waals surface area contributed by atoms with Gasteiger partial charge in [-0.25, -0.2) is 0 Å². The third-order valence-corrected chi connectivity index (χ3v) is 7.82. The Kier molecular flexibility index (Phi) is 8.09. The SMILES string of the molecule is COc1cc(OC)c(OC)cc1/C=C(\C)C(=O)N1CCC2(CCN(C(=O)c3ccc(C(C)=O)cc3)CC2)C1. The highest BCUT2D eigenvalue weighted by molar-refractivity contribution is 5.98. The second-order valence-corrected chi connectivity index (χ2v) is 10.2. The Labute approximate surface area is 224 Å². The maximum absolute atomic E-state index is 13.4. The van der Waals surface area contributed by atoms with Crippen LogP contribution in [-0.4, -0.2) is 74.9 Å².